The first-order chi connectivity index (χ1) is 7.16. The van der Waals surface area contributed by atoms with Crippen molar-refractivity contribution in [2.75, 3.05) is 6.79 Å². The first-order valence-corrected chi connectivity index (χ1v) is 4.17. The number of nitrogens with two attached hydrogens (primary N) is 1. The number of urea groups is 1. The molecule has 78 valence electrons. The summed E-state index contributed by atoms with van der Waals surface area (Å²) in [4.78, 5) is 21.8. The van der Waals surface area contributed by atoms with Gasteiger partial charge in [-0.2, -0.15) is 0 Å². The van der Waals surface area contributed by atoms with E-state index in [1.165, 1.54) is 12.1 Å². The summed E-state index contributed by atoms with van der Waals surface area (Å²) in [6, 6.07) is 3.71. The summed E-state index contributed by atoms with van der Waals surface area (Å²) >= 11 is 0. The summed E-state index contributed by atoms with van der Waals surface area (Å²) in [7, 11) is 0. The molecular formula is C9H8N2O4. The molecule has 1 aliphatic rings. The first kappa shape index (κ1) is 9.32. The predicted octanol–water partition coefficient (Wildman–Crippen LogP) is 0.224. The molecule has 0 fully saturated rings. The average molecular weight is 208 g/mol. The van der Waals surface area contributed by atoms with Gasteiger partial charge in [0.25, 0.3) is 5.91 Å². The van der Waals surface area contributed by atoms with Gasteiger partial charge in [0.2, 0.25) is 6.79 Å². The van der Waals surface area contributed by atoms with Gasteiger partial charge in [0.15, 0.2) is 11.5 Å². The van der Waals surface area contributed by atoms with Crippen molar-refractivity contribution in [1.29, 1.82) is 0 Å². The fourth-order valence-electron chi connectivity index (χ4n) is 1.22. The van der Waals surface area contributed by atoms with Crippen LogP contribution in [-0.2, 0) is 0 Å². The Labute approximate surface area is 85.0 Å². The van der Waals surface area contributed by atoms with Crippen LogP contribution in [0.3, 0.4) is 0 Å². The van der Waals surface area contributed by atoms with Gasteiger partial charge in [0.1, 0.15) is 0 Å². The number of fused-ring (bicyclic) bond motifs is 1. The molecule has 1 aliphatic heterocycles. The topological polar surface area (TPSA) is 90.7 Å². The minimum absolute atomic E-state index is 0.135. The molecule has 1 aromatic carbocycles. The van der Waals surface area contributed by atoms with Crippen LogP contribution >= 0.6 is 0 Å². The zero-order valence-electron chi connectivity index (χ0n) is 7.65. The van der Waals surface area contributed by atoms with Gasteiger partial charge in [-0.3, -0.25) is 10.1 Å². The van der Waals surface area contributed by atoms with Crippen LogP contribution < -0.4 is 20.5 Å². The maximum absolute atomic E-state index is 11.3. The Hall–Kier alpha value is -2.24. The summed E-state index contributed by atoms with van der Waals surface area (Å²) < 4.78 is 10.1. The van der Waals surface area contributed by atoms with Gasteiger partial charge in [-0.05, 0) is 18.2 Å². The number of rotatable bonds is 1. The Kier molecular flexibility index (Phi) is 2.17. The molecule has 0 aromatic heterocycles. The molecule has 3 amide bonds. The summed E-state index contributed by atoms with van der Waals surface area (Å²) in [6.45, 7) is 0.135. The van der Waals surface area contributed by atoms with E-state index in [0.29, 0.717) is 11.5 Å². The smallest absolute Gasteiger partial charge is 0.319 e. The predicted molar refractivity (Wildman–Crippen MR) is 49.6 cm³/mol. The Morgan fingerprint density at radius 1 is 1.27 bits per heavy atom. The Balaban J connectivity index is 2.23. The van der Waals surface area contributed by atoms with Crippen molar-refractivity contribution in [3.8, 4) is 11.5 Å². The van der Waals surface area contributed by atoms with E-state index in [-0.39, 0.29) is 12.4 Å². The van der Waals surface area contributed by atoms with E-state index >= 15 is 0 Å². The SMILES string of the molecule is NC(=O)NC(=O)c1ccc2c(c1)OCO2. The summed E-state index contributed by atoms with van der Waals surface area (Å²) in [5.41, 5.74) is 5.11. The van der Waals surface area contributed by atoms with Gasteiger partial charge in [0, 0.05) is 5.56 Å². The maximum Gasteiger partial charge on any atom is 0.319 e. The standard InChI is InChI=1S/C9H8N2O4/c10-9(13)11-8(12)5-1-2-6-7(3-5)15-4-14-6/h1-3H,4H2,(H3,10,11,12,13). The number of amides is 3. The molecule has 6 heteroatoms. The largest absolute Gasteiger partial charge is 0.454 e. The molecular weight excluding hydrogens is 200 g/mol. The second-order valence-electron chi connectivity index (χ2n) is 2.89. The van der Waals surface area contributed by atoms with Crippen LogP contribution in [0, 0.1) is 0 Å². The van der Waals surface area contributed by atoms with E-state index in [1.54, 1.807) is 6.07 Å². The van der Waals surface area contributed by atoms with Crippen LogP contribution in [0.2, 0.25) is 0 Å². The highest BCUT2D eigenvalue weighted by Gasteiger charge is 2.16. The third-order valence-electron chi connectivity index (χ3n) is 1.87. The minimum atomic E-state index is -0.891. The number of carbonyl (C=O) groups is 2. The molecule has 0 saturated heterocycles. The minimum Gasteiger partial charge on any atom is -0.454 e. The molecule has 0 spiro atoms. The van der Waals surface area contributed by atoms with E-state index < -0.39 is 11.9 Å². The van der Waals surface area contributed by atoms with Crippen molar-refractivity contribution in [2.24, 2.45) is 5.73 Å². The van der Waals surface area contributed by atoms with E-state index in [0.717, 1.165) is 0 Å². The second kappa shape index (κ2) is 3.49. The molecule has 0 radical (unpaired) electrons. The number of hydrogen-bond acceptors (Lipinski definition) is 4. The lowest BCUT2D eigenvalue weighted by Gasteiger charge is -2.01. The highest BCUT2D eigenvalue weighted by atomic mass is 16.7. The summed E-state index contributed by atoms with van der Waals surface area (Å²) in [5, 5.41) is 1.95. The Morgan fingerprint density at radius 2 is 2.00 bits per heavy atom. The quantitative estimate of drug-likeness (QED) is 0.690. The van der Waals surface area contributed by atoms with Gasteiger partial charge in [0.05, 0.1) is 0 Å². The van der Waals surface area contributed by atoms with Crippen molar-refractivity contribution < 1.29 is 19.1 Å². The molecule has 3 N–H and O–H groups in total. The van der Waals surface area contributed by atoms with Gasteiger partial charge in [-0.15, -0.1) is 0 Å². The normalized spacial score (nSPS) is 12.3. The second-order valence-corrected chi connectivity index (χ2v) is 2.89. The van der Waals surface area contributed by atoms with Crippen molar-refractivity contribution in [3.05, 3.63) is 23.8 Å². The highest BCUT2D eigenvalue weighted by molar-refractivity contribution is 6.04. The number of hydrogen-bond donors (Lipinski definition) is 2. The van der Waals surface area contributed by atoms with E-state index in [1.807, 2.05) is 5.32 Å². The van der Waals surface area contributed by atoms with Crippen LogP contribution in [0.25, 0.3) is 0 Å². The molecule has 2 rings (SSSR count). The van der Waals surface area contributed by atoms with Crippen molar-refractivity contribution >= 4 is 11.9 Å². The van der Waals surface area contributed by atoms with Gasteiger partial charge in [-0.25, -0.2) is 4.79 Å². The molecule has 1 aromatic rings. The molecule has 0 unspecified atom stereocenters. The molecule has 0 bridgehead atoms. The van der Waals surface area contributed by atoms with Crippen LogP contribution in [0.1, 0.15) is 10.4 Å². The lowest BCUT2D eigenvalue weighted by molar-refractivity contribution is 0.0965. The fourth-order valence-corrected chi connectivity index (χ4v) is 1.22. The van der Waals surface area contributed by atoms with E-state index in [9.17, 15) is 9.59 Å². The maximum atomic E-state index is 11.3. The highest BCUT2D eigenvalue weighted by Crippen LogP contribution is 2.32. The number of benzene rings is 1. The molecule has 1 heterocycles. The molecule has 0 saturated carbocycles. The lowest BCUT2D eigenvalue weighted by atomic mass is 10.2. The third kappa shape index (κ3) is 1.83. The van der Waals surface area contributed by atoms with Crippen molar-refractivity contribution in [1.82, 2.24) is 5.32 Å². The molecule has 6 nitrogen and oxygen atoms in total. The van der Waals surface area contributed by atoms with Gasteiger partial charge in [-0.1, -0.05) is 0 Å². The van der Waals surface area contributed by atoms with E-state index in [2.05, 4.69) is 0 Å². The van der Waals surface area contributed by atoms with Gasteiger partial charge < -0.3 is 15.2 Å². The Morgan fingerprint density at radius 3 is 2.73 bits per heavy atom. The summed E-state index contributed by atoms with van der Waals surface area (Å²) in [5.74, 6) is 0.485. The number of carbonyl (C=O) groups excluding carboxylic acids is 2. The van der Waals surface area contributed by atoms with Crippen LogP contribution in [0.5, 0.6) is 11.5 Å². The molecule has 15 heavy (non-hydrogen) atoms. The average Bonchev–Trinajstić information content (AvgIpc) is 2.62. The number of ether oxygens (including phenoxy) is 2. The fraction of sp³-hybridized carbons (Fsp3) is 0.111. The summed E-state index contributed by atoms with van der Waals surface area (Å²) in [6.07, 6.45) is 0. The first-order valence-electron chi connectivity index (χ1n) is 4.17. The monoisotopic (exact) mass is 208 g/mol. The zero-order valence-corrected chi connectivity index (χ0v) is 7.65. The number of primary amides is 1. The zero-order chi connectivity index (χ0) is 10.8. The van der Waals surface area contributed by atoms with Crippen LogP contribution in [0.15, 0.2) is 18.2 Å². The lowest BCUT2D eigenvalue weighted by Crippen LogP contribution is -2.34. The third-order valence-corrected chi connectivity index (χ3v) is 1.87. The van der Waals surface area contributed by atoms with Crippen molar-refractivity contribution in [2.45, 2.75) is 0 Å². The molecule has 0 aliphatic carbocycles. The number of nitrogens with one attached hydrogen (secondary N) is 1. The van der Waals surface area contributed by atoms with E-state index in [4.69, 9.17) is 15.2 Å². The molecule has 0 atom stereocenters. The number of imide groups is 1. The van der Waals surface area contributed by atoms with Crippen molar-refractivity contribution in [3.63, 3.8) is 0 Å². The van der Waals surface area contributed by atoms with Gasteiger partial charge >= 0.3 is 6.03 Å². The van der Waals surface area contributed by atoms with Crippen LogP contribution in [-0.4, -0.2) is 18.7 Å². The van der Waals surface area contributed by atoms with Crippen LogP contribution in [0.4, 0.5) is 4.79 Å². The Bertz CT molecular complexity index is 430.